The molecule has 1 fully saturated rings. The lowest BCUT2D eigenvalue weighted by Crippen LogP contribution is -1.96. The van der Waals surface area contributed by atoms with E-state index in [1.165, 1.54) is 13.1 Å². The number of hydrogen-bond acceptors (Lipinski definition) is 1. The van der Waals surface area contributed by atoms with E-state index in [1.54, 1.807) is 0 Å². The van der Waals surface area contributed by atoms with E-state index in [-0.39, 0.29) is 7.00 Å². The van der Waals surface area contributed by atoms with E-state index in [9.17, 15) is 0 Å². The molecule has 2 nitrogen and oxygen atoms in total. The first-order valence-electron chi connectivity index (χ1n) is 2.24. The molecule has 1 aliphatic heterocycles. The second-order valence-corrected chi connectivity index (χ2v) is 4.05. The maximum absolute atomic E-state index is 5.00. The minimum absolute atomic E-state index is 0.360. The van der Waals surface area contributed by atoms with Crippen molar-refractivity contribution in [3.05, 3.63) is 0 Å². The lowest BCUT2D eigenvalue weighted by Gasteiger charge is -1.79. The Morgan fingerprint density at radius 2 is 2.29 bits per heavy atom. The smallest absolute Gasteiger partial charge is 0.119 e. The van der Waals surface area contributed by atoms with Crippen LogP contribution in [0, 0.1) is 0 Å². The van der Waals surface area contributed by atoms with Gasteiger partial charge in [0, 0.05) is 7.05 Å². The molecule has 0 aromatic heterocycles. The van der Waals surface area contributed by atoms with E-state index in [0.717, 1.165) is 0 Å². The monoisotopic (exact) mass is 135 g/mol. The molecule has 0 spiro atoms. The molecule has 0 aliphatic carbocycles. The average Bonchev–Trinajstić information content (AvgIpc) is 2.44. The van der Waals surface area contributed by atoms with Crippen molar-refractivity contribution in [3.8, 4) is 0 Å². The summed E-state index contributed by atoms with van der Waals surface area (Å²) < 4.78 is 2.24. The molecule has 0 saturated carbocycles. The van der Waals surface area contributed by atoms with Gasteiger partial charge < -0.3 is 0 Å². The summed E-state index contributed by atoms with van der Waals surface area (Å²) in [7, 11) is 1.91. The fourth-order valence-corrected chi connectivity index (χ4v) is 1.59. The summed E-state index contributed by atoms with van der Waals surface area (Å²) in [4.78, 5) is 0. The van der Waals surface area contributed by atoms with Crippen molar-refractivity contribution in [1.82, 2.24) is 9.76 Å². The first kappa shape index (κ1) is 5.57. The summed E-state index contributed by atoms with van der Waals surface area (Å²) in [6.45, 7) is 2.05. The molecule has 7 heavy (non-hydrogen) atoms. The van der Waals surface area contributed by atoms with Gasteiger partial charge in [0.1, 0.15) is 0 Å². The normalized spacial score (nSPS) is 22.1. The predicted molar refractivity (Wildman–Crippen MR) is 34.9 cm³/mol. The first-order chi connectivity index (χ1) is 3.34. The van der Waals surface area contributed by atoms with E-state index in [4.69, 9.17) is 11.8 Å². The standard InChI is InChI=1S/C3H8N2PS/c1-4-6(7)5-2-3-5/h2-3H2,1H3,(H,4,7)/q+1. The van der Waals surface area contributed by atoms with Crippen LogP contribution < -0.4 is 5.09 Å². The Balaban J connectivity index is 2.24. The Hall–Kier alpha value is 0.440. The second kappa shape index (κ2) is 2.14. The van der Waals surface area contributed by atoms with Gasteiger partial charge >= 0.3 is 7.00 Å². The zero-order valence-corrected chi connectivity index (χ0v) is 5.93. The van der Waals surface area contributed by atoms with Crippen LogP contribution in [0.4, 0.5) is 0 Å². The Kier molecular flexibility index (Phi) is 1.70. The van der Waals surface area contributed by atoms with Crippen LogP contribution in [0.5, 0.6) is 0 Å². The average molecular weight is 135 g/mol. The summed E-state index contributed by atoms with van der Waals surface area (Å²) in [6.07, 6.45) is 0. The van der Waals surface area contributed by atoms with Gasteiger partial charge in [-0.1, -0.05) is 0 Å². The molecule has 1 atom stereocenters. The molecule has 0 aromatic rings. The Bertz CT molecular complexity index is 90.9. The van der Waals surface area contributed by atoms with E-state index in [0.29, 0.717) is 0 Å². The fourth-order valence-electron chi connectivity index (χ4n) is 0.368. The van der Waals surface area contributed by atoms with Crippen LogP contribution in [0.1, 0.15) is 0 Å². The van der Waals surface area contributed by atoms with Gasteiger partial charge in [0.25, 0.3) is 0 Å². The first-order valence-corrected chi connectivity index (χ1v) is 4.55. The summed E-state index contributed by atoms with van der Waals surface area (Å²) in [6, 6.07) is 0. The molecule has 0 aromatic carbocycles. The van der Waals surface area contributed by atoms with Crippen LogP contribution in [0.3, 0.4) is 0 Å². The van der Waals surface area contributed by atoms with Crippen molar-refractivity contribution < 1.29 is 0 Å². The van der Waals surface area contributed by atoms with Crippen LogP contribution in [-0.4, -0.2) is 24.8 Å². The molecule has 1 aliphatic rings. The molecule has 0 radical (unpaired) electrons. The van der Waals surface area contributed by atoms with E-state index < -0.39 is 0 Å². The maximum atomic E-state index is 5.00. The maximum Gasteiger partial charge on any atom is 0.363 e. The highest BCUT2D eigenvalue weighted by Gasteiger charge is 2.32. The molecule has 1 saturated heterocycles. The number of hydrogen-bond donors (Lipinski definition) is 1. The molecule has 1 unspecified atom stereocenters. The van der Waals surface area contributed by atoms with Gasteiger partial charge in [0.05, 0.1) is 13.1 Å². The number of nitrogens with one attached hydrogen (secondary N) is 1. The topological polar surface area (TPSA) is 15.0 Å². The highest BCUT2D eigenvalue weighted by molar-refractivity contribution is 8.03. The van der Waals surface area contributed by atoms with Gasteiger partial charge in [-0.15, -0.1) is 9.76 Å². The lowest BCUT2D eigenvalue weighted by atomic mass is 11.0. The quantitative estimate of drug-likeness (QED) is 0.433. The van der Waals surface area contributed by atoms with Crippen molar-refractivity contribution in [2.45, 2.75) is 0 Å². The van der Waals surface area contributed by atoms with Crippen LogP contribution in [0.25, 0.3) is 0 Å². The lowest BCUT2D eigenvalue weighted by molar-refractivity contribution is 0.914. The molecule has 40 valence electrons. The Labute approximate surface area is 49.4 Å². The van der Waals surface area contributed by atoms with Crippen molar-refractivity contribution >= 4 is 18.8 Å². The summed E-state index contributed by atoms with van der Waals surface area (Å²) in [5.41, 5.74) is 0. The van der Waals surface area contributed by atoms with Gasteiger partial charge in [0.2, 0.25) is 11.8 Å². The van der Waals surface area contributed by atoms with Gasteiger partial charge in [-0.05, 0) is 0 Å². The molecule has 1 rings (SSSR count). The largest absolute Gasteiger partial charge is 0.363 e. The van der Waals surface area contributed by atoms with Crippen LogP contribution in [-0.2, 0) is 11.8 Å². The second-order valence-electron chi connectivity index (χ2n) is 1.45. The van der Waals surface area contributed by atoms with Crippen molar-refractivity contribution in [1.29, 1.82) is 0 Å². The molecule has 0 amide bonds. The molecule has 4 heteroatoms. The molecular formula is C3H8N2PS+. The summed E-state index contributed by atoms with van der Waals surface area (Å²) >= 11 is 5.00. The van der Waals surface area contributed by atoms with E-state index >= 15 is 0 Å². The summed E-state index contributed by atoms with van der Waals surface area (Å²) in [5, 5.41) is 3.03. The highest BCUT2D eigenvalue weighted by atomic mass is 32.4. The zero-order valence-electron chi connectivity index (χ0n) is 4.22. The molecule has 0 bridgehead atoms. The zero-order chi connectivity index (χ0) is 5.28. The Morgan fingerprint density at radius 3 is 2.43 bits per heavy atom. The van der Waals surface area contributed by atoms with Gasteiger partial charge in [-0.25, -0.2) is 0 Å². The van der Waals surface area contributed by atoms with Crippen LogP contribution >= 0.6 is 7.00 Å². The fraction of sp³-hybridized carbons (Fsp3) is 1.00. The predicted octanol–water partition coefficient (Wildman–Crippen LogP) is 0.295. The van der Waals surface area contributed by atoms with Crippen molar-refractivity contribution in [2.75, 3.05) is 20.1 Å². The SMILES string of the molecule is CN[P+](=S)N1CC1. The van der Waals surface area contributed by atoms with E-state index in [2.05, 4.69) is 9.76 Å². The third kappa shape index (κ3) is 1.42. The van der Waals surface area contributed by atoms with Crippen molar-refractivity contribution in [3.63, 3.8) is 0 Å². The van der Waals surface area contributed by atoms with Crippen LogP contribution in [0.2, 0.25) is 0 Å². The molecule has 1 N–H and O–H groups in total. The molecular weight excluding hydrogens is 127 g/mol. The van der Waals surface area contributed by atoms with E-state index in [1.807, 2.05) is 7.05 Å². The van der Waals surface area contributed by atoms with Crippen LogP contribution in [0.15, 0.2) is 0 Å². The highest BCUT2D eigenvalue weighted by Crippen LogP contribution is 2.28. The number of nitrogens with zero attached hydrogens (tertiary/aromatic N) is 1. The summed E-state index contributed by atoms with van der Waals surface area (Å²) in [5.74, 6) is 0. The Morgan fingerprint density at radius 1 is 1.71 bits per heavy atom. The van der Waals surface area contributed by atoms with Gasteiger partial charge in [0.15, 0.2) is 0 Å². The van der Waals surface area contributed by atoms with Gasteiger partial charge in [-0.3, -0.25) is 0 Å². The minimum Gasteiger partial charge on any atom is -0.119 e. The van der Waals surface area contributed by atoms with Crippen molar-refractivity contribution in [2.24, 2.45) is 0 Å². The number of rotatable bonds is 2. The third-order valence-electron chi connectivity index (χ3n) is 0.872. The van der Waals surface area contributed by atoms with Gasteiger partial charge in [-0.2, -0.15) is 0 Å². The third-order valence-corrected chi connectivity index (χ3v) is 3.41. The molecule has 1 heterocycles. The minimum atomic E-state index is -0.360.